The summed E-state index contributed by atoms with van der Waals surface area (Å²) in [5.74, 6) is 2.09. The van der Waals surface area contributed by atoms with Gasteiger partial charge < -0.3 is 19.9 Å². The number of hydrogen-bond donors (Lipinski definition) is 2. The van der Waals surface area contributed by atoms with E-state index in [1.807, 2.05) is 0 Å². The van der Waals surface area contributed by atoms with E-state index in [4.69, 9.17) is 9.26 Å². The summed E-state index contributed by atoms with van der Waals surface area (Å²) in [4.78, 5) is 8.84. The van der Waals surface area contributed by atoms with Gasteiger partial charge in [-0.05, 0) is 26.2 Å². The van der Waals surface area contributed by atoms with Crippen molar-refractivity contribution in [3.8, 4) is 0 Å². The third kappa shape index (κ3) is 4.75. The molecule has 27 heavy (non-hydrogen) atoms. The van der Waals surface area contributed by atoms with Crippen molar-refractivity contribution in [2.24, 2.45) is 10.4 Å². The van der Waals surface area contributed by atoms with Gasteiger partial charge in [0.2, 0.25) is 5.89 Å². The maximum atomic E-state index is 5.99. The number of aromatic nitrogens is 2. The number of aliphatic imine (C=N–C) groups is 1. The molecule has 0 aromatic carbocycles. The molecule has 8 heteroatoms. The minimum atomic E-state index is -0.139. The third-order valence-electron chi connectivity index (χ3n) is 5.75. The average molecular weight is 491 g/mol. The first-order valence-electron chi connectivity index (χ1n) is 9.81. The number of nitrogens with zero attached hydrogens (tertiary/aromatic N) is 3. The molecule has 1 heterocycles. The molecule has 1 spiro atoms. The van der Waals surface area contributed by atoms with Crippen LogP contribution in [-0.4, -0.2) is 41.9 Å². The zero-order valence-electron chi connectivity index (χ0n) is 17.2. The van der Waals surface area contributed by atoms with Crippen LogP contribution >= 0.6 is 24.0 Å². The number of halogens is 1. The Morgan fingerprint density at radius 2 is 2.04 bits per heavy atom. The van der Waals surface area contributed by atoms with E-state index in [0.717, 1.165) is 19.0 Å². The zero-order chi connectivity index (χ0) is 18.8. The topological polar surface area (TPSA) is 84.6 Å². The standard InChI is InChI=1S/C19H33N5O2.HI/c1-6-25-14-11-13(19(14)9-7-8-10-19)22-17(20-5)21-12-15-23-16(26-24-15)18(2,3)4;/h13-14H,6-12H2,1-5H3,(H2,20,21,22);1H. The van der Waals surface area contributed by atoms with E-state index >= 15 is 0 Å². The molecule has 2 fully saturated rings. The molecular weight excluding hydrogens is 457 g/mol. The molecule has 0 amide bonds. The Balaban J connectivity index is 0.00000261. The Morgan fingerprint density at radius 1 is 1.33 bits per heavy atom. The summed E-state index contributed by atoms with van der Waals surface area (Å²) >= 11 is 0. The molecule has 1 aromatic heterocycles. The first kappa shape index (κ1) is 22.4. The van der Waals surface area contributed by atoms with Gasteiger partial charge in [-0.25, -0.2) is 0 Å². The average Bonchev–Trinajstić information content (AvgIpc) is 3.27. The number of nitrogens with one attached hydrogen (secondary N) is 2. The molecule has 3 rings (SSSR count). The van der Waals surface area contributed by atoms with E-state index in [2.05, 4.69) is 53.5 Å². The van der Waals surface area contributed by atoms with Gasteiger partial charge in [0, 0.05) is 30.5 Å². The van der Waals surface area contributed by atoms with Crippen LogP contribution in [0.15, 0.2) is 9.52 Å². The van der Waals surface area contributed by atoms with Crippen molar-refractivity contribution in [3.63, 3.8) is 0 Å². The summed E-state index contributed by atoms with van der Waals surface area (Å²) in [7, 11) is 1.80. The van der Waals surface area contributed by atoms with Gasteiger partial charge >= 0.3 is 0 Å². The van der Waals surface area contributed by atoms with Gasteiger partial charge in [0.05, 0.1) is 12.6 Å². The molecule has 154 valence electrons. The van der Waals surface area contributed by atoms with Crippen molar-refractivity contribution in [1.29, 1.82) is 0 Å². The van der Waals surface area contributed by atoms with Crippen LogP contribution in [0.5, 0.6) is 0 Å². The van der Waals surface area contributed by atoms with Crippen molar-refractivity contribution in [3.05, 3.63) is 11.7 Å². The van der Waals surface area contributed by atoms with Crippen molar-refractivity contribution in [2.45, 2.75) is 83.9 Å². The highest BCUT2D eigenvalue weighted by Gasteiger charge is 2.56. The highest BCUT2D eigenvalue weighted by atomic mass is 127. The molecule has 0 saturated heterocycles. The SMILES string of the molecule is CCOC1CC(NC(=NC)NCc2noc(C(C)(C)C)n2)C12CCCC2.I. The maximum Gasteiger partial charge on any atom is 0.232 e. The van der Waals surface area contributed by atoms with Crippen LogP contribution in [0, 0.1) is 5.41 Å². The summed E-state index contributed by atoms with van der Waals surface area (Å²) in [5.41, 5.74) is 0.138. The molecule has 1 aromatic rings. The van der Waals surface area contributed by atoms with Gasteiger partial charge in [0.1, 0.15) is 0 Å². The molecule has 0 bridgehead atoms. The molecule has 2 atom stereocenters. The largest absolute Gasteiger partial charge is 0.378 e. The molecule has 2 aliphatic carbocycles. The second-order valence-corrected chi connectivity index (χ2v) is 8.51. The minimum absolute atomic E-state index is 0. The predicted octanol–water partition coefficient (Wildman–Crippen LogP) is 3.39. The lowest BCUT2D eigenvalue weighted by atomic mass is 9.60. The Hall–Kier alpha value is -0.900. The second-order valence-electron chi connectivity index (χ2n) is 8.51. The summed E-state index contributed by atoms with van der Waals surface area (Å²) in [6.45, 7) is 9.55. The normalized spacial score (nSPS) is 24.4. The molecule has 2 saturated carbocycles. The third-order valence-corrected chi connectivity index (χ3v) is 5.75. The van der Waals surface area contributed by atoms with E-state index in [1.54, 1.807) is 7.05 Å². The maximum absolute atomic E-state index is 5.99. The van der Waals surface area contributed by atoms with E-state index in [1.165, 1.54) is 25.7 Å². The van der Waals surface area contributed by atoms with Crippen molar-refractivity contribution < 1.29 is 9.26 Å². The Kier molecular flexibility index (Phi) is 7.52. The molecule has 0 radical (unpaired) electrons. The monoisotopic (exact) mass is 491 g/mol. The Labute approximate surface area is 179 Å². The zero-order valence-corrected chi connectivity index (χ0v) is 19.5. The highest BCUT2D eigenvalue weighted by Crippen LogP contribution is 2.54. The van der Waals surface area contributed by atoms with Crippen molar-refractivity contribution in [1.82, 2.24) is 20.8 Å². The van der Waals surface area contributed by atoms with Crippen LogP contribution in [-0.2, 0) is 16.7 Å². The second kappa shape index (κ2) is 9.07. The van der Waals surface area contributed by atoms with Crippen LogP contribution in [0.2, 0.25) is 0 Å². The van der Waals surface area contributed by atoms with Crippen LogP contribution < -0.4 is 10.6 Å². The van der Waals surface area contributed by atoms with Crippen LogP contribution in [0.1, 0.15) is 71.5 Å². The van der Waals surface area contributed by atoms with Gasteiger partial charge in [0.15, 0.2) is 11.8 Å². The number of guanidine groups is 1. The summed E-state index contributed by atoms with van der Waals surface area (Å²) in [6, 6.07) is 0.420. The first-order valence-corrected chi connectivity index (χ1v) is 9.81. The van der Waals surface area contributed by atoms with Gasteiger partial charge in [-0.2, -0.15) is 4.98 Å². The van der Waals surface area contributed by atoms with E-state index in [9.17, 15) is 0 Å². The lowest BCUT2D eigenvalue weighted by molar-refractivity contribution is -0.125. The molecular formula is C19H34IN5O2. The lowest BCUT2D eigenvalue weighted by Gasteiger charge is -2.54. The van der Waals surface area contributed by atoms with Crippen LogP contribution in [0.25, 0.3) is 0 Å². The number of rotatable bonds is 5. The van der Waals surface area contributed by atoms with Crippen LogP contribution in [0.3, 0.4) is 0 Å². The quantitative estimate of drug-likeness (QED) is 0.373. The van der Waals surface area contributed by atoms with Crippen molar-refractivity contribution in [2.75, 3.05) is 13.7 Å². The summed E-state index contributed by atoms with van der Waals surface area (Å²) in [5, 5.41) is 11.0. The van der Waals surface area contributed by atoms with E-state index in [-0.39, 0.29) is 34.8 Å². The fraction of sp³-hybridized carbons (Fsp3) is 0.842. The van der Waals surface area contributed by atoms with Gasteiger partial charge in [-0.15, -0.1) is 24.0 Å². The molecule has 0 aliphatic heterocycles. The smallest absolute Gasteiger partial charge is 0.232 e. The van der Waals surface area contributed by atoms with Crippen LogP contribution in [0.4, 0.5) is 0 Å². The highest BCUT2D eigenvalue weighted by molar-refractivity contribution is 14.0. The summed E-state index contributed by atoms with van der Waals surface area (Å²) in [6.07, 6.45) is 6.51. The van der Waals surface area contributed by atoms with Crippen molar-refractivity contribution >= 4 is 29.9 Å². The van der Waals surface area contributed by atoms with E-state index < -0.39 is 0 Å². The van der Waals surface area contributed by atoms with Gasteiger partial charge in [-0.3, -0.25) is 4.99 Å². The minimum Gasteiger partial charge on any atom is -0.378 e. The first-order chi connectivity index (χ1) is 12.4. The fourth-order valence-electron chi connectivity index (χ4n) is 4.24. The predicted molar refractivity (Wildman–Crippen MR) is 116 cm³/mol. The number of ether oxygens (including phenoxy) is 1. The number of hydrogen-bond acceptors (Lipinski definition) is 5. The molecule has 2 aliphatic rings. The Bertz CT molecular complexity index is 634. The summed E-state index contributed by atoms with van der Waals surface area (Å²) < 4.78 is 11.3. The molecule has 2 N–H and O–H groups in total. The molecule has 2 unspecified atom stereocenters. The molecule has 7 nitrogen and oxygen atoms in total. The van der Waals surface area contributed by atoms with Gasteiger partial charge in [0.25, 0.3) is 0 Å². The van der Waals surface area contributed by atoms with E-state index in [0.29, 0.717) is 30.4 Å². The Morgan fingerprint density at radius 3 is 2.59 bits per heavy atom. The fourth-order valence-corrected chi connectivity index (χ4v) is 4.24. The lowest BCUT2D eigenvalue weighted by Crippen LogP contribution is -2.65. The van der Waals surface area contributed by atoms with Gasteiger partial charge in [-0.1, -0.05) is 38.8 Å².